The van der Waals surface area contributed by atoms with Crippen molar-refractivity contribution < 1.29 is 4.79 Å². The van der Waals surface area contributed by atoms with E-state index >= 15 is 0 Å². The summed E-state index contributed by atoms with van der Waals surface area (Å²) in [5, 5.41) is 3.16. The average Bonchev–Trinajstić information content (AvgIpc) is 2.82. The van der Waals surface area contributed by atoms with Crippen molar-refractivity contribution in [1.82, 2.24) is 9.36 Å². The van der Waals surface area contributed by atoms with E-state index in [1.165, 1.54) is 0 Å². The number of amides is 1. The van der Waals surface area contributed by atoms with Crippen molar-refractivity contribution >= 4 is 39.8 Å². The van der Waals surface area contributed by atoms with Gasteiger partial charge in [0.1, 0.15) is 5.82 Å². The monoisotopic (exact) mass is 306 g/mol. The van der Waals surface area contributed by atoms with Gasteiger partial charge in [-0.25, -0.2) is 4.98 Å². The summed E-state index contributed by atoms with van der Waals surface area (Å²) in [4.78, 5) is 16.5. The first-order chi connectivity index (χ1) is 9.56. The normalized spacial score (nSPS) is 11.8. The number of rotatable bonds is 5. The third kappa shape index (κ3) is 3.82. The lowest BCUT2D eigenvalue weighted by atomic mass is 9.98. The van der Waals surface area contributed by atoms with Crippen LogP contribution in [0.1, 0.15) is 11.4 Å². The van der Waals surface area contributed by atoms with Gasteiger partial charge in [-0.2, -0.15) is 4.37 Å². The zero-order valence-corrected chi connectivity index (χ0v) is 12.5. The summed E-state index contributed by atoms with van der Waals surface area (Å²) >= 11 is 6.13. The number of benzene rings is 1. The Bertz CT molecular complexity index is 612. The molecule has 0 aliphatic carbocycles. The molecular weight excluding hydrogens is 292 g/mol. The molecule has 1 amide bonds. The van der Waals surface area contributed by atoms with Crippen molar-refractivity contribution in [2.75, 3.05) is 5.32 Å². The van der Waals surface area contributed by atoms with Gasteiger partial charge in [0, 0.05) is 11.5 Å². The van der Waals surface area contributed by atoms with Gasteiger partial charge in [-0.15, -0.1) is 0 Å². The second-order valence-corrected chi connectivity index (χ2v) is 5.50. The van der Waals surface area contributed by atoms with E-state index in [2.05, 4.69) is 14.7 Å². The number of nitrogens with zero attached hydrogens (tertiary/aromatic N) is 2. The van der Waals surface area contributed by atoms with Gasteiger partial charge in [0.25, 0.3) is 0 Å². The Morgan fingerprint density at radius 2 is 2.15 bits per heavy atom. The number of carbonyl (C=O) groups is 1. The van der Waals surface area contributed by atoms with Crippen molar-refractivity contribution in [3.63, 3.8) is 0 Å². The first kappa shape index (κ1) is 14.5. The molecule has 2 aromatic rings. The summed E-state index contributed by atoms with van der Waals surface area (Å²) < 4.78 is 4.01. The first-order valence-corrected chi connectivity index (χ1v) is 7.19. The van der Waals surface area contributed by atoms with Crippen molar-refractivity contribution in [1.29, 1.82) is 0 Å². The minimum absolute atomic E-state index is 0.174. The van der Waals surface area contributed by atoms with Gasteiger partial charge in [-0.05, 0) is 18.9 Å². The number of anilines is 1. The Morgan fingerprint density at radius 3 is 2.70 bits per heavy atom. The van der Waals surface area contributed by atoms with E-state index in [9.17, 15) is 4.79 Å². The maximum atomic E-state index is 12.2. The topological polar surface area (TPSA) is 80.9 Å². The van der Waals surface area contributed by atoms with Crippen molar-refractivity contribution in [3.05, 3.63) is 41.7 Å². The highest BCUT2D eigenvalue weighted by Crippen LogP contribution is 2.15. The number of nitrogens with one attached hydrogen (secondary N) is 1. The summed E-state index contributed by atoms with van der Waals surface area (Å²) in [5.74, 6) is -0.186. The first-order valence-electron chi connectivity index (χ1n) is 6.00. The highest BCUT2D eigenvalue weighted by Gasteiger charge is 2.23. The van der Waals surface area contributed by atoms with Crippen LogP contribution in [0, 0.1) is 12.8 Å². The Labute approximate surface area is 126 Å². The molecule has 0 saturated heterocycles. The van der Waals surface area contributed by atoms with Crippen LogP contribution in [0.4, 0.5) is 5.13 Å². The molecule has 7 heteroatoms. The molecule has 0 radical (unpaired) electrons. The average molecular weight is 306 g/mol. The van der Waals surface area contributed by atoms with Crippen LogP contribution in [-0.4, -0.2) is 20.3 Å². The largest absolute Gasteiger partial charge is 0.393 e. The van der Waals surface area contributed by atoms with Crippen LogP contribution in [0.15, 0.2) is 30.3 Å². The second kappa shape index (κ2) is 6.53. The van der Waals surface area contributed by atoms with Gasteiger partial charge >= 0.3 is 0 Å². The number of thiocarbonyl (C=S) groups is 1. The predicted molar refractivity (Wildman–Crippen MR) is 83.7 cm³/mol. The van der Waals surface area contributed by atoms with Gasteiger partial charge in [0.05, 0.1) is 10.9 Å². The van der Waals surface area contributed by atoms with E-state index in [1.807, 2.05) is 30.3 Å². The maximum Gasteiger partial charge on any atom is 0.236 e. The maximum absolute atomic E-state index is 12.2. The fourth-order valence-corrected chi connectivity index (χ4v) is 2.48. The van der Waals surface area contributed by atoms with Gasteiger partial charge in [-0.3, -0.25) is 4.79 Å². The lowest BCUT2D eigenvalue weighted by molar-refractivity contribution is -0.118. The molecule has 1 unspecified atom stereocenters. The Morgan fingerprint density at radius 1 is 1.45 bits per heavy atom. The SMILES string of the molecule is Cc1nsc(NC(=O)C(Cc2ccccc2)C(N)=S)n1. The number of hydrogen-bond donors (Lipinski definition) is 2. The number of hydrogen-bond acceptors (Lipinski definition) is 5. The van der Waals surface area contributed by atoms with E-state index in [0.717, 1.165) is 17.1 Å². The number of aromatic nitrogens is 2. The third-order valence-corrected chi connectivity index (χ3v) is 3.71. The smallest absolute Gasteiger partial charge is 0.236 e. The summed E-state index contributed by atoms with van der Waals surface area (Å²) in [7, 11) is 0. The standard InChI is InChI=1S/C13H14N4OS2/c1-8-15-13(20-17-8)16-12(18)10(11(14)19)7-9-5-3-2-4-6-9/h2-6,10H,7H2,1H3,(H2,14,19)(H,15,16,17,18). The van der Waals surface area contributed by atoms with Crippen LogP contribution in [0.5, 0.6) is 0 Å². The number of carbonyl (C=O) groups excluding carboxylic acids is 1. The molecular formula is C13H14N4OS2. The third-order valence-electron chi connectivity index (χ3n) is 2.70. The van der Waals surface area contributed by atoms with Gasteiger partial charge in [0.15, 0.2) is 0 Å². The minimum atomic E-state index is -0.559. The number of aryl methyl sites for hydroxylation is 1. The summed E-state index contributed by atoms with van der Waals surface area (Å²) in [6, 6.07) is 9.63. The van der Waals surface area contributed by atoms with E-state index in [0.29, 0.717) is 17.4 Å². The van der Waals surface area contributed by atoms with Gasteiger partial charge in [-0.1, -0.05) is 42.5 Å². The van der Waals surface area contributed by atoms with E-state index in [-0.39, 0.29) is 10.9 Å². The molecule has 1 heterocycles. The summed E-state index contributed by atoms with van der Waals surface area (Å²) in [6.45, 7) is 1.77. The molecule has 0 aliphatic heterocycles. The molecule has 5 nitrogen and oxygen atoms in total. The minimum Gasteiger partial charge on any atom is -0.393 e. The Balaban J connectivity index is 2.08. The molecule has 3 N–H and O–H groups in total. The van der Waals surface area contributed by atoms with Crippen molar-refractivity contribution in [2.45, 2.75) is 13.3 Å². The van der Waals surface area contributed by atoms with Crippen molar-refractivity contribution in [3.8, 4) is 0 Å². The summed E-state index contributed by atoms with van der Waals surface area (Å²) in [5.41, 5.74) is 6.69. The van der Waals surface area contributed by atoms with Crippen LogP contribution < -0.4 is 11.1 Å². The summed E-state index contributed by atoms with van der Waals surface area (Å²) in [6.07, 6.45) is 0.472. The molecule has 2 rings (SSSR count). The van der Waals surface area contributed by atoms with Gasteiger partial charge < -0.3 is 11.1 Å². The Kier molecular flexibility index (Phi) is 4.75. The van der Waals surface area contributed by atoms with Gasteiger partial charge in [0.2, 0.25) is 11.0 Å². The van der Waals surface area contributed by atoms with E-state index < -0.39 is 5.92 Å². The number of nitrogens with two attached hydrogens (primary N) is 1. The fraction of sp³-hybridized carbons (Fsp3) is 0.231. The Hall–Kier alpha value is -1.86. The fourth-order valence-electron chi connectivity index (χ4n) is 1.71. The van der Waals surface area contributed by atoms with E-state index in [1.54, 1.807) is 6.92 Å². The zero-order chi connectivity index (χ0) is 14.5. The molecule has 0 aliphatic rings. The van der Waals surface area contributed by atoms with E-state index in [4.69, 9.17) is 18.0 Å². The molecule has 1 atom stereocenters. The molecule has 0 spiro atoms. The molecule has 1 aromatic carbocycles. The van der Waals surface area contributed by atoms with Crippen LogP contribution in [-0.2, 0) is 11.2 Å². The molecule has 0 bridgehead atoms. The second-order valence-electron chi connectivity index (χ2n) is 4.28. The highest BCUT2D eigenvalue weighted by atomic mass is 32.1. The lowest BCUT2D eigenvalue weighted by Gasteiger charge is -2.14. The predicted octanol–water partition coefficient (Wildman–Crippen LogP) is 1.93. The molecule has 104 valence electrons. The molecule has 1 aromatic heterocycles. The molecule has 20 heavy (non-hydrogen) atoms. The molecule has 0 saturated carbocycles. The lowest BCUT2D eigenvalue weighted by Crippen LogP contribution is -2.34. The molecule has 0 fully saturated rings. The highest BCUT2D eigenvalue weighted by molar-refractivity contribution is 7.80. The van der Waals surface area contributed by atoms with Crippen LogP contribution in [0.2, 0.25) is 0 Å². The van der Waals surface area contributed by atoms with Crippen molar-refractivity contribution in [2.24, 2.45) is 11.7 Å². The van der Waals surface area contributed by atoms with Crippen LogP contribution in [0.25, 0.3) is 0 Å². The van der Waals surface area contributed by atoms with Crippen LogP contribution >= 0.6 is 23.8 Å². The zero-order valence-electron chi connectivity index (χ0n) is 10.9. The quantitative estimate of drug-likeness (QED) is 0.825. The van der Waals surface area contributed by atoms with Crippen LogP contribution in [0.3, 0.4) is 0 Å².